The third kappa shape index (κ3) is 26.1. The van der Waals surface area contributed by atoms with Gasteiger partial charge in [-0.25, -0.2) is 0 Å². The number of hydrogen-bond acceptors (Lipinski definition) is 14. The number of carboxylic acid groups (broad SMARTS) is 4. The number of carboxylic acids is 4. The number of aliphatic hydroxyl groups is 2. The Balaban J connectivity index is 0. The summed E-state index contributed by atoms with van der Waals surface area (Å²) in [6.45, 7) is 3.86. The first-order chi connectivity index (χ1) is 29.8. The van der Waals surface area contributed by atoms with E-state index in [1.807, 2.05) is 61.2 Å². The number of aromatic nitrogens is 2. The van der Waals surface area contributed by atoms with Crippen molar-refractivity contribution in [3.63, 3.8) is 0 Å². The maximum absolute atomic E-state index is 11.3. The minimum atomic E-state index is -1.46. The Morgan fingerprint density at radius 1 is 0.547 bits per heavy atom. The van der Waals surface area contributed by atoms with Gasteiger partial charge in [0.2, 0.25) is 0 Å². The molecule has 0 aliphatic carbocycles. The van der Waals surface area contributed by atoms with Gasteiger partial charge in [0.05, 0.1) is 24.0 Å². The quantitative estimate of drug-likeness (QED) is 0.101. The van der Waals surface area contributed by atoms with E-state index in [2.05, 4.69) is 44.2 Å². The van der Waals surface area contributed by atoms with Gasteiger partial charge in [0.15, 0.2) is 0 Å². The Morgan fingerprint density at radius 3 is 1.12 bits per heavy atom. The average molecular weight is 976 g/mol. The summed E-state index contributed by atoms with van der Waals surface area (Å²) in [5.41, 5.74) is 0.498. The Kier molecular flexibility index (Phi) is 33.5. The minimum Gasteiger partial charge on any atom is -0.872 e. The summed E-state index contributed by atoms with van der Waals surface area (Å²) < 4.78 is 0. The molecule has 2 atom stereocenters. The van der Waals surface area contributed by atoms with Gasteiger partial charge in [-0.2, -0.15) is 0 Å². The molecule has 2 radical (unpaired) electrons. The zero-order chi connectivity index (χ0) is 46.1. The molecule has 6 rings (SSSR count). The normalized spacial score (nSPS) is 10.7. The molecule has 346 valence electrons. The second-order valence-electron chi connectivity index (χ2n) is 12.2. The number of nitrogens with zero attached hydrogens (tertiary/aromatic N) is 4. The van der Waals surface area contributed by atoms with Crippen molar-refractivity contribution in [2.75, 3.05) is 13.2 Å². The van der Waals surface area contributed by atoms with Crippen LogP contribution in [0.1, 0.15) is 50.7 Å². The zero-order valence-corrected chi connectivity index (χ0v) is 36.6. The van der Waals surface area contributed by atoms with Gasteiger partial charge in [-0.1, -0.05) is 97.1 Å². The van der Waals surface area contributed by atoms with Gasteiger partial charge in [-0.15, -0.1) is 11.5 Å². The van der Waals surface area contributed by atoms with Crippen LogP contribution in [0, 0.1) is 0 Å². The predicted molar refractivity (Wildman–Crippen MR) is 227 cm³/mol. The van der Waals surface area contributed by atoms with E-state index in [4.69, 9.17) is 20.4 Å². The van der Waals surface area contributed by atoms with Crippen LogP contribution in [0.15, 0.2) is 144 Å². The molecule has 0 bridgehead atoms. The Bertz CT molecular complexity index is 2020. The molecule has 0 aliphatic rings. The van der Waals surface area contributed by atoms with Crippen molar-refractivity contribution < 1.29 is 94.2 Å². The molecule has 0 spiro atoms. The monoisotopic (exact) mass is 974 g/mol. The van der Waals surface area contributed by atoms with E-state index in [-0.39, 0.29) is 95.7 Å². The van der Waals surface area contributed by atoms with Crippen molar-refractivity contribution in [2.45, 2.75) is 51.6 Å². The van der Waals surface area contributed by atoms with Crippen molar-refractivity contribution >= 4 is 57.9 Å². The standard InChI is InChI=1S/2C12H13NO5.2C9H7N.2C2H6O.2Cu/c2*14-10-4-2-1-3-8(10)7-13-9(12(17)18)5-6-11(15)16;2*1-2-4-9-7-10-6-5-8(9)3-1;2*1-2-3;;/h2*1-4,7,9,14H,5-6H2,(H,15,16)(H,17,18);2*1-7H;2*3H,2H2,1H3;;/q;;;;;;2*+2/p-4/t2*9-;;;;;;/m10....../s1. The maximum atomic E-state index is 11.3. The SMILES string of the molecule is CCO.CCO.O=C(O)CC[C@@H](N=Cc1ccccc1[O-])C(=O)[O-].O=C(O)CC[C@H](N=Cc1ccccc1[O-])C(=O)[O-].[Cu+2].[Cu+2].c1ccc2cnccc2c1.c1ccc2cnccc2c1. The summed E-state index contributed by atoms with van der Waals surface area (Å²) in [4.78, 5) is 57.5. The number of carbonyl (C=O) groups excluding carboxylic acids is 2. The van der Waals surface area contributed by atoms with Crippen molar-refractivity contribution in [1.82, 2.24) is 9.97 Å². The molecule has 0 unspecified atom stereocenters. The van der Waals surface area contributed by atoms with Crippen LogP contribution in [0.2, 0.25) is 0 Å². The van der Waals surface area contributed by atoms with Crippen molar-refractivity contribution in [2.24, 2.45) is 9.98 Å². The topological polar surface area (TPSA) is 292 Å². The number of aliphatic hydroxyl groups excluding tert-OH is 2. The molecular formula is C46H48Cu2N4O12. The molecule has 16 nitrogen and oxygen atoms in total. The molecule has 4 aromatic carbocycles. The van der Waals surface area contributed by atoms with Crippen LogP contribution in [-0.4, -0.2) is 92.0 Å². The minimum absolute atomic E-state index is 0. The van der Waals surface area contributed by atoms with Gasteiger partial charge >= 0.3 is 46.1 Å². The molecule has 2 heterocycles. The number of pyridine rings is 2. The fourth-order valence-corrected chi connectivity index (χ4v) is 4.60. The number of carbonyl (C=O) groups is 4. The van der Waals surface area contributed by atoms with Gasteiger partial charge in [0.1, 0.15) is 0 Å². The first-order valence-corrected chi connectivity index (χ1v) is 19.0. The number of hydrogen-bond donors (Lipinski definition) is 4. The molecule has 0 saturated heterocycles. The number of aliphatic carboxylic acids is 4. The second-order valence-corrected chi connectivity index (χ2v) is 12.2. The Morgan fingerprint density at radius 2 is 0.844 bits per heavy atom. The van der Waals surface area contributed by atoms with Crippen LogP contribution >= 0.6 is 0 Å². The number of benzene rings is 4. The van der Waals surface area contributed by atoms with E-state index in [1.54, 1.807) is 38.1 Å². The number of para-hydroxylation sites is 2. The van der Waals surface area contributed by atoms with E-state index in [1.165, 1.54) is 45.8 Å². The summed E-state index contributed by atoms with van der Waals surface area (Å²) in [6, 6.07) is 29.9. The number of rotatable bonds is 12. The molecule has 64 heavy (non-hydrogen) atoms. The smallest absolute Gasteiger partial charge is 0.872 e. The molecular weight excluding hydrogens is 928 g/mol. The maximum Gasteiger partial charge on any atom is 2.00 e. The second kappa shape index (κ2) is 36.0. The molecule has 18 heteroatoms. The summed E-state index contributed by atoms with van der Waals surface area (Å²) in [5.74, 6) is -5.71. The fraction of sp³-hybridized carbons (Fsp3) is 0.217. The first-order valence-electron chi connectivity index (χ1n) is 19.0. The first kappa shape index (κ1) is 59.6. The molecule has 6 aromatic rings. The average Bonchev–Trinajstić information content (AvgIpc) is 3.26. The molecule has 4 N–H and O–H groups in total. The van der Waals surface area contributed by atoms with Crippen LogP contribution in [0.25, 0.3) is 21.5 Å². The molecule has 0 aliphatic heterocycles. The van der Waals surface area contributed by atoms with Crippen molar-refractivity contribution in [3.05, 3.63) is 145 Å². The van der Waals surface area contributed by atoms with Crippen LogP contribution in [-0.2, 0) is 53.3 Å². The summed E-state index contributed by atoms with van der Waals surface area (Å²) >= 11 is 0. The van der Waals surface area contributed by atoms with Gasteiger partial charge < -0.3 is 50.4 Å². The van der Waals surface area contributed by atoms with Crippen LogP contribution < -0.4 is 20.4 Å². The Hall–Kier alpha value is -6.52. The van der Waals surface area contributed by atoms with Gasteiger partial charge in [0, 0.05) is 63.3 Å². The van der Waals surface area contributed by atoms with E-state index in [0.717, 1.165) is 12.4 Å². The van der Waals surface area contributed by atoms with Crippen LogP contribution in [0.3, 0.4) is 0 Å². The summed E-state index contributed by atoms with van der Waals surface area (Å²) in [7, 11) is 0. The molecule has 0 amide bonds. The van der Waals surface area contributed by atoms with E-state index in [0.29, 0.717) is 0 Å². The molecule has 0 saturated carbocycles. The third-order valence-corrected chi connectivity index (χ3v) is 7.53. The number of fused-ring (bicyclic) bond motifs is 2. The number of aliphatic imine (C=N–C) groups is 2. The fourth-order valence-electron chi connectivity index (χ4n) is 4.60. The molecule has 2 aromatic heterocycles. The van der Waals surface area contributed by atoms with Gasteiger partial charge in [-0.3, -0.25) is 29.5 Å². The van der Waals surface area contributed by atoms with E-state index < -0.39 is 36.0 Å². The third-order valence-electron chi connectivity index (χ3n) is 7.53. The summed E-state index contributed by atoms with van der Waals surface area (Å²) in [5, 5.41) is 81.0. The van der Waals surface area contributed by atoms with Gasteiger partial charge in [0.25, 0.3) is 0 Å². The van der Waals surface area contributed by atoms with Gasteiger partial charge in [-0.05, 0) is 71.5 Å². The summed E-state index contributed by atoms with van der Waals surface area (Å²) in [6.07, 6.45) is 8.62. The van der Waals surface area contributed by atoms with Crippen molar-refractivity contribution in [1.29, 1.82) is 0 Å². The van der Waals surface area contributed by atoms with Crippen molar-refractivity contribution in [3.8, 4) is 11.5 Å². The predicted octanol–water partition coefficient (Wildman–Crippen LogP) is 2.79. The largest absolute Gasteiger partial charge is 2.00 e. The van der Waals surface area contributed by atoms with E-state index in [9.17, 15) is 39.6 Å². The van der Waals surface area contributed by atoms with Crippen LogP contribution in [0.5, 0.6) is 11.5 Å². The zero-order valence-electron chi connectivity index (χ0n) is 34.7. The Labute approximate surface area is 391 Å². The van der Waals surface area contributed by atoms with E-state index >= 15 is 0 Å². The molecule has 0 fully saturated rings. The van der Waals surface area contributed by atoms with Crippen LogP contribution in [0.4, 0.5) is 0 Å².